The van der Waals surface area contributed by atoms with Crippen LogP contribution in [0, 0.1) is 5.41 Å². The van der Waals surface area contributed by atoms with Gasteiger partial charge in [-0.25, -0.2) is 8.78 Å². The lowest BCUT2D eigenvalue weighted by atomic mass is 9.95. The molecule has 0 fully saturated rings. The quantitative estimate of drug-likeness (QED) is 0.341. The first-order valence-corrected chi connectivity index (χ1v) is 12.5. The topological polar surface area (TPSA) is 96.5 Å². The average molecular weight is 556 g/mol. The van der Waals surface area contributed by atoms with Gasteiger partial charge in [0.15, 0.2) is 0 Å². The van der Waals surface area contributed by atoms with E-state index in [1.807, 2.05) is 20.0 Å². The van der Waals surface area contributed by atoms with E-state index in [-0.39, 0.29) is 40.0 Å². The van der Waals surface area contributed by atoms with Crippen LogP contribution in [-0.4, -0.2) is 38.6 Å². The number of halogens is 3. The standard InChI is InChI=1S/C28H29BClF2N3O4/c1-28(2,3)27(38)33-14-16-4-10-22(30)20(12-16)25(36)35-19-9-11-23(39-15-24(31)32)21(13-19)26(37)34-18-7-5-17(29)6-8-18/h4-13,24H,14-15,29H2,1-3H3,(H,33,38)(H,34,37)(H,35,36). The third-order valence-electron chi connectivity index (χ3n) is 5.57. The number of carbonyl (C=O) groups is 3. The highest BCUT2D eigenvalue weighted by molar-refractivity contribution is 6.34. The average Bonchev–Trinajstić information content (AvgIpc) is 2.87. The van der Waals surface area contributed by atoms with Crippen LogP contribution in [0.5, 0.6) is 5.75 Å². The zero-order chi connectivity index (χ0) is 28.7. The molecule has 0 aliphatic heterocycles. The summed E-state index contributed by atoms with van der Waals surface area (Å²) in [5.74, 6) is -1.37. The minimum absolute atomic E-state index is 0.0428. The normalized spacial score (nSPS) is 11.2. The smallest absolute Gasteiger partial charge is 0.272 e. The summed E-state index contributed by atoms with van der Waals surface area (Å²) in [6.07, 6.45) is -2.74. The van der Waals surface area contributed by atoms with E-state index in [0.717, 1.165) is 5.46 Å². The van der Waals surface area contributed by atoms with Crippen LogP contribution in [0.1, 0.15) is 47.1 Å². The number of carbonyl (C=O) groups excluding carboxylic acids is 3. The minimum Gasteiger partial charge on any atom is -0.487 e. The molecule has 0 spiro atoms. The molecule has 0 heterocycles. The van der Waals surface area contributed by atoms with Gasteiger partial charge in [-0.3, -0.25) is 14.4 Å². The van der Waals surface area contributed by atoms with Gasteiger partial charge in [0.25, 0.3) is 18.2 Å². The number of ether oxygens (including phenoxy) is 1. The van der Waals surface area contributed by atoms with Crippen molar-refractivity contribution in [3.8, 4) is 5.75 Å². The van der Waals surface area contributed by atoms with Gasteiger partial charge in [-0.1, -0.05) is 56.0 Å². The zero-order valence-corrected chi connectivity index (χ0v) is 22.8. The SMILES string of the molecule is Bc1ccc(NC(=O)c2cc(NC(=O)c3cc(CNC(=O)C(C)(C)C)ccc3Cl)ccc2OCC(F)F)cc1. The molecule has 7 nitrogen and oxygen atoms in total. The largest absolute Gasteiger partial charge is 0.487 e. The summed E-state index contributed by atoms with van der Waals surface area (Å²) >= 11 is 6.27. The van der Waals surface area contributed by atoms with Crippen LogP contribution < -0.4 is 26.2 Å². The van der Waals surface area contributed by atoms with Crippen LogP contribution in [0.2, 0.25) is 5.02 Å². The summed E-state index contributed by atoms with van der Waals surface area (Å²) in [5, 5.41) is 8.39. The Morgan fingerprint density at radius 3 is 2.15 bits per heavy atom. The van der Waals surface area contributed by atoms with Gasteiger partial charge in [-0.15, -0.1) is 0 Å². The zero-order valence-electron chi connectivity index (χ0n) is 22.0. The van der Waals surface area contributed by atoms with Crippen LogP contribution in [0.15, 0.2) is 60.7 Å². The van der Waals surface area contributed by atoms with Gasteiger partial charge in [0.2, 0.25) is 5.91 Å². The van der Waals surface area contributed by atoms with Gasteiger partial charge in [0.05, 0.1) is 16.1 Å². The fourth-order valence-electron chi connectivity index (χ4n) is 3.40. The van der Waals surface area contributed by atoms with E-state index in [1.165, 1.54) is 18.2 Å². The Hall–Kier alpha value is -3.92. The Labute approximate surface area is 231 Å². The first kappa shape index (κ1) is 29.6. The lowest BCUT2D eigenvalue weighted by Crippen LogP contribution is -2.34. The summed E-state index contributed by atoms with van der Waals surface area (Å²) in [4.78, 5) is 38.3. The fourth-order valence-corrected chi connectivity index (χ4v) is 3.60. The number of anilines is 2. The van der Waals surface area contributed by atoms with Gasteiger partial charge >= 0.3 is 0 Å². The van der Waals surface area contributed by atoms with Crippen molar-refractivity contribution < 1.29 is 27.9 Å². The lowest BCUT2D eigenvalue weighted by molar-refractivity contribution is -0.128. The molecule has 204 valence electrons. The van der Waals surface area contributed by atoms with Gasteiger partial charge in [-0.05, 0) is 48.0 Å². The molecule has 0 bridgehead atoms. The molecule has 0 aromatic heterocycles. The number of hydrogen-bond donors (Lipinski definition) is 3. The maximum atomic E-state index is 13.1. The third-order valence-corrected chi connectivity index (χ3v) is 5.90. The minimum atomic E-state index is -2.74. The molecule has 0 saturated carbocycles. The Morgan fingerprint density at radius 1 is 0.897 bits per heavy atom. The fraction of sp³-hybridized carbons (Fsp3) is 0.250. The first-order valence-electron chi connectivity index (χ1n) is 12.1. The van der Waals surface area contributed by atoms with Gasteiger partial charge in [-0.2, -0.15) is 0 Å². The van der Waals surface area contributed by atoms with Crippen molar-refractivity contribution in [3.63, 3.8) is 0 Å². The summed E-state index contributed by atoms with van der Waals surface area (Å²) in [6.45, 7) is 4.68. The Balaban J connectivity index is 1.82. The Kier molecular flexibility index (Phi) is 9.69. The van der Waals surface area contributed by atoms with E-state index in [0.29, 0.717) is 11.3 Å². The number of benzene rings is 3. The van der Waals surface area contributed by atoms with Crippen molar-refractivity contribution in [2.24, 2.45) is 5.41 Å². The molecule has 39 heavy (non-hydrogen) atoms. The van der Waals surface area contributed by atoms with Crippen molar-refractivity contribution >= 4 is 54.0 Å². The van der Waals surface area contributed by atoms with Gasteiger partial charge in [0, 0.05) is 23.3 Å². The summed E-state index contributed by atoms with van der Waals surface area (Å²) < 4.78 is 30.7. The number of alkyl halides is 2. The van der Waals surface area contributed by atoms with Gasteiger partial charge in [0.1, 0.15) is 20.2 Å². The van der Waals surface area contributed by atoms with Crippen molar-refractivity contribution in [1.82, 2.24) is 5.32 Å². The molecule has 0 atom stereocenters. The molecule has 0 aliphatic carbocycles. The maximum Gasteiger partial charge on any atom is 0.272 e. The number of amides is 3. The highest BCUT2D eigenvalue weighted by atomic mass is 35.5. The van der Waals surface area contributed by atoms with E-state index in [1.54, 1.807) is 51.1 Å². The molecule has 0 unspecified atom stereocenters. The second kappa shape index (κ2) is 12.8. The second-order valence-electron chi connectivity index (χ2n) is 9.93. The lowest BCUT2D eigenvalue weighted by Gasteiger charge is -2.18. The number of rotatable bonds is 9. The van der Waals surface area contributed by atoms with Crippen LogP contribution >= 0.6 is 11.6 Å². The molecule has 3 aromatic carbocycles. The number of nitrogens with one attached hydrogen (secondary N) is 3. The van der Waals surface area contributed by atoms with Crippen LogP contribution in [0.3, 0.4) is 0 Å². The van der Waals surface area contributed by atoms with E-state index < -0.39 is 30.3 Å². The Bertz CT molecular complexity index is 1360. The molecule has 3 rings (SSSR count). The highest BCUT2D eigenvalue weighted by Crippen LogP contribution is 2.26. The monoisotopic (exact) mass is 555 g/mol. The molecule has 0 saturated heterocycles. The summed E-state index contributed by atoms with van der Waals surface area (Å²) in [7, 11) is 1.90. The van der Waals surface area contributed by atoms with Gasteiger partial charge < -0.3 is 20.7 Å². The predicted octanol–water partition coefficient (Wildman–Crippen LogP) is 4.41. The molecule has 3 amide bonds. The van der Waals surface area contributed by atoms with Crippen molar-refractivity contribution in [2.75, 3.05) is 17.2 Å². The third kappa shape index (κ3) is 8.54. The molecular formula is C28H29BClF2N3O4. The maximum absolute atomic E-state index is 13.1. The second-order valence-corrected chi connectivity index (χ2v) is 10.3. The van der Waals surface area contributed by atoms with Crippen LogP contribution in [-0.2, 0) is 11.3 Å². The molecular weight excluding hydrogens is 527 g/mol. The first-order chi connectivity index (χ1) is 18.3. The molecule has 3 aromatic rings. The highest BCUT2D eigenvalue weighted by Gasteiger charge is 2.21. The van der Waals surface area contributed by atoms with Crippen molar-refractivity contribution in [3.05, 3.63) is 82.4 Å². The summed E-state index contributed by atoms with van der Waals surface area (Å²) in [6, 6.07) is 16.0. The molecule has 11 heteroatoms. The Morgan fingerprint density at radius 2 is 1.51 bits per heavy atom. The van der Waals surface area contributed by atoms with Crippen molar-refractivity contribution in [2.45, 2.75) is 33.7 Å². The predicted molar refractivity (Wildman–Crippen MR) is 151 cm³/mol. The van der Waals surface area contributed by atoms with Crippen LogP contribution in [0.4, 0.5) is 20.2 Å². The van der Waals surface area contributed by atoms with E-state index in [2.05, 4.69) is 16.0 Å². The summed E-state index contributed by atoms with van der Waals surface area (Å²) in [5.41, 5.74) is 1.93. The van der Waals surface area contributed by atoms with E-state index in [9.17, 15) is 23.2 Å². The van der Waals surface area contributed by atoms with Crippen molar-refractivity contribution in [1.29, 1.82) is 0 Å². The molecule has 0 radical (unpaired) electrons. The number of hydrogen-bond acceptors (Lipinski definition) is 4. The van der Waals surface area contributed by atoms with E-state index in [4.69, 9.17) is 16.3 Å². The van der Waals surface area contributed by atoms with E-state index >= 15 is 0 Å². The van der Waals surface area contributed by atoms with Crippen LogP contribution in [0.25, 0.3) is 0 Å². The molecule has 3 N–H and O–H groups in total. The molecule has 0 aliphatic rings.